The third-order valence-electron chi connectivity index (χ3n) is 4.75. The summed E-state index contributed by atoms with van der Waals surface area (Å²) in [6.45, 7) is 1.88. The van der Waals surface area contributed by atoms with Gasteiger partial charge in [0.15, 0.2) is 9.84 Å². The zero-order valence-electron chi connectivity index (χ0n) is 14.9. The van der Waals surface area contributed by atoms with Crippen LogP contribution in [-0.2, 0) is 14.6 Å². The smallest absolute Gasteiger partial charge is 0.227 e. The number of nitrogens with two attached hydrogens (primary N) is 1. The summed E-state index contributed by atoms with van der Waals surface area (Å²) in [5.41, 5.74) is 9.03. The Hall–Kier alpha value is -2.25. The number of fused-ring (bicyclic) bond motifs is 4. The number of hydrogen-bond acceptors (Lipinski definition) is 5. The van der Waals surface area contributed by atoms with Crippen molar-refractivity contribution in [2.24, 2.45) is 11.7 Å². The molecule has 0 aliphatic carbocycles. The fourth-order valence-corrected chi connectivity index (χ4v) is 3.75. The molecule has 7 heteroatoms. The second kappa shape index (κ2) is 7.17. The van der Waals surface area contributed by atoms with E-state index in [4.69, 9.17) is 5.73 Å². The average molecular weight is 373 g/mol. The van der Waals surface area contributed by atoms with Gasteiger partial charge in [-0.3, -0.25) is 9.78 Å². The van der Waals surface area contributed by atoms with Crippen LogP contribution in [0, 0.1) is 5.92 Å². The number of anilines is 1. The van der Waals surface area contributed by atoms with Crippen molar-refractivity contribution in [1.82, 2.24) is 4.98 Å². The largest absolute Gasteiger partial charge is 0.325 e. The summed E-state index contributed by atoms with van der Waals surface area (Å²) < 4.78 is 23.9. The lowest BCUT2D eigenvalue weighted by Gasteiger charge is -2.19. The molecule has 0 saturated heterocycles. The van der Waals surface area contributed by atoms with Crippen molar-refractivity contribution >= 4 is 21.4 Å². The normalized spacial score (nSPS) is 21.1. The Labute approximate surface area is 153 Å². The minimum atomic E-state index is -3.37. The van der Waals surface area contributed by atoms with Gasteiger partial charge in [0.1, 0.15) is 0 Å². The second-order valence-electron chi connectivity index (χ2n) is 6.88. The molecule has 1 amide bonds. The van der Waals surface area contributed by atoms with Gasteiger partial charge >= 0.3 is 0 Å². The van der Waals surface area contributed by atoms with Gasteiger partial charge in [-0.1, -0.05) is 13.3 Å². The van der Waals surface area contributed by atoms with Gasteiger partial charge in [-0.15, -0.1) is 0 Å². The topological polar surface area (TPSA) is 102 Å². The highest BCUT2D eigenvalue weighted by Crippen LogP contribution is 2.33. The molecule has 2 heterocycles. The Morgan fingerprint density at radius 2 is 1.96 bits per heavy atom. The van der Waals surface area contributed by atoms with E-state index in [0.29, 0.717) is 11.3 Å². The van der Waals surface area contributed by atoms with Crippen LogP contribution in [0.15, 0.2) is 41.4 Å². The molecule has 2 atom stereocenters. The molecule has 1 aliphatic rings. The van der Waals surface area contributed by atoms with E-state index in [9.17, 15) is 13.2 Å². The van der Waals surface area contributed by atoms with Crippen LogP contribution in [0.3, 0.4) is 0 Å². The molecule has 26 heavy (non-hydrogen) atoms. The maximum atomic E-state index is 12.5. The van der Waals surface area contributed by atoms with Crippen molar-refractivity contribution in [2.45, 2.75) is 37.1 Å². The van der Waals surface area contributed by atoms with Gasteiger partial charge in [0, 0.05) is 35.7 Å². The van der Waals surface area contributed by atoms with Crippen LogP contribution in [0.4, 0.5) is 5.69 Å². The van der Waals surface area contributed by atoms with Crippen molar-refractivity contribution in [3.05, 3.63) is 42.2 Å². The number of carbonyl (C=O) groups excluding carboxylic acids is 1. The molecule has 1 aromatic heterocycles. The van der Waals surface area contributed by atoms with Crippen molar-refractivity contribution in [2.75, 3.05) is 11.6 Å². The second-order valence-corrected chi connectivity index (χ2v) is 8.89. The minimum absolute atomic E-state index is 0.0817. The highest BCUT2D eigenvalue weighted by atomic mass is 32.2. The number of hydrogen-bond donors (Lipinski definition) is 2. The monoisotopic (exact) mass is 373 g/mol. The third kappa shape index (κ3) is 3.94. The molecule has 2 aromatic rings. The molecule has 138 valence electrons. The highest BCUT2D eigenvalue weighted by molar-refractivity contribution is 7.90. The predicted molar refractivity (Wildman–Crippen MR) is 101 cm³/mol. The fourth-order valence-electron chi connectivity index (χ4n) is 3.10. The van der Waals surface area contributed by atoms with E-state index in [1.54, 1.807) is 24.4 Å². The van der Waals surface area contributed by atoms with Gasteiger partial charge in [0.05, 0.1) is 10.6 Å². The lowest BCUT2D eigenvalue weighted by Crippen LogP contribution is -2.22. The summed E-state index contributed by atoms with van der Waals surface area (Å²) in [7, 11) is -3.37. The fraction of sp³-hybridized carbons (Fsp3) is 0.368. The van der Waals surface area contributed by atoms with Crippen molar-refractivity contribution in [1.29, 1.82) is 0 Å². The van der Waals surface area contributed by atoms with Gasteiger partial charge in [-0.2, -0.15) is 0 Å². The predicted octanol–water partition coefficient (Wildman–Crippen LogP) is 2.91. The lowest BCUT2D eigenvalue weighted by molar-refractivity contribution is -0.119. The molecule has 0 radical (unpaired) electrons. The molecule has 0 fully saturated rings. The summed E-state index contributed by atoms with van der Waals surface area (Å²) in [5, 5.41) is 2.94. The van der Waals surface area contributed by atoms with Crippen molar-refractivity contribution in [3.63, 3.8) is 0 Å². The number of benzene rings is 1. The van der Waals surface area contributed by atoms with Crippen LogP contribution in [0.5, 0.6) is 0 Å². The first-order valence-electron chi connectivity index (χ1n) is 8.62. The molecule has 3 N–H and O–H groups in total. The van der Waals surface area contributed by atoms with E-state index >= 15 is 0 Å². The van der Waals surface area contributed by atoms with E-state index in [1.807, 2.05) is 13.0 Å². The summed E-state index contributed by atoms with van der Waals surface area (Å²) >= 11 is 0. The molecule has 0 saturated carbocycles. The summed E-state index contributed by atoms with van der Waals surface area (Å²) in [6, 6.07) is 8.19. The SMILES string of the molecule is C[C@@H]1CCC[C@H](N)c2cc(ccn2)-c2cc(S(C)(=O)=O)ccc2NC1=O. The summed E-state index contributed by atoms with van der Waals surface area (Å²) in [5.74, 6) is -0.239. The van der Waals surface area contributed by atoms with E-state index in [2.05, 4.69) is 10.3 Å². The third-order valence-corrected chi connectivity index (χ3v) is 5.86. The van der Waals surface area contributed by atoms with Crippen molar-refractivity contribution < 1.29 is 13.2 Å². The van der Waals surface area contributed by atoms with Crippen LogP contribution in [0.1, 0.15) is 37.9 Å². The number of nitrogens with zero attached hydrogens (tertiary/aromatic N) is 1. The Kier molecular flexibility index (Phi) is 5.11. The van der Waals surface area contributed by atoms with E-state index in [0.717, 1.165) is 30.5 Å². The van der Waals surface area contributed by atoms with E-state index in [1.165, 1.54) is 12.3 Å². The van der Waals surface area contributed by atoms with E-state index < -0.39 is 9.84 Å². The Morgan fingerprint density at radius 3 is 2.69 bits per heavy atom. The molecule has 1 aliphatic heterocycles. The zero-order chi connectivity index (χ0) is 18.9. The van der Waals surface area contributed by atoms with Crippen LogP contribution >= 0.6 is 0 Å². The number of aromatic nitrogens is 1. The molecule has 0 unspecified atom stereocenters. The first-order chi connectivity index (χ1) is 12.3. The maximum Gasteiger partial charge on any atom is 0.227 e. The number of nitrogens with one attached hydrogen (secondary N) is 1. The summed E-state index contributed by atoms with van der Waals surface area (Å²) in [4.78, 5) is 17.1. The van der Waals surface area contributed by atoms with E-state index in [-0.39, 0.29) is 22.8 Å². The lowest BCUT2D eigenvalue weighted by atomic mass is 9.96. The zero-order valence-corrected chi connectivity index (χ0v) is 15.7. The quantitative estimate of drug-likeness (QED) is 0.800. The molecule has 2 bridgehead atoms. The maximum absolute atomic E-state index is 12.5. The molecule has 1 aromatic carbocycles. The van der Waals surface area contributed by atoms with Crippen molar-refractivity contribution in [3.8, 4) is 11.1 Å². The standard InChI is InChI=1S/C19H23N3O3S/c1-12-4-3-5-16(20)18-10-13(8-9-21-18)15-11-14(26(2,24)25)6-7-17(15)22-19(12)23/h6-12,16H,3-5,20H2,1-2H3,(H,22,23)/t12-,16+/m1/s1. The minimum Gasteiger partial charge on any atom is -0.325 e. The van der Waals surface area contributed by atoms with Crippen LogP contribution in [-0.4, -0.2) is 25.6 Å². The van der Waals surface area contributed by atoms with Crippen LogP contribution in [0.2, 0.25) is 0 Å². The molecular formula is C19H23N3O3S. The van der Waals surface area contributed by atoms with Crippen LogP contribution < -0.4 is 11.1 Å². The Bertz CT molecular complexity index is 941. The first-order valence-corrected chi connectivity index (χ1v) is 10.5. The molecule has 0 spiro atoms. The van der Waals surface area contributed by atoms with Gasteiger partial charge in [-0.05, 0) is 48.7 Å². The first kappa shape index (κ1) is 18.5. The Balaban J connectivity index is 2.19. The van der Waals surface area contributed by atoms with Gasteiger partial charge < -0.3 is 11.1 Å². The Morgan fingerprint density at radius 1 is 1.19 bits per heavy atom. The van der Waals surface area contributed by atoms with Crippen LogP contribution in [0.25, 0.3) is 11.1 Å². The van der Waals surface area contributed by atoms with Gasteiger partial charge in [0.25, 0.3) is 0 Å². The molecular weight excluding hydrogens is 350 g/mol. The number of rotatable bonds is 1. The van der Waals surface area contributed by atoms with Gasteiger partial charge in [0.2, 0.25) is 5.91 Å². The number of pyridine rings is 1. The number of carbonyl (C=O) groups is 1. The number of amides is 1. The molecule has 3 rings (SSSR count). The van der Waals surface area contributed by atoms with Gasteiger partial charge in [-0.25, -0.2) is 8.42 Å². The highest BCUT2D eigenvalue weighted by Gasteiger charge is 2.20. The number of sulfone groups is 1. The average Bonchev–Trinajstić information content (AvgIpc) is 2.60. The summed E-state index contributed by atoms with van der Waals surface area (Å²) in [6.07, 6.45) is 5.14. The molecule has 6 nitrogen and oxygen atoms in total.